The summed E-state index contributed by atoms with van der Waals surface area (Å²) in [5.41, 5.74) is 2.89. The first-order chi connectivity index (χ1) is 11.3. The van der Waals surface area contributed by atoms with E-state index in [-0.39, 0.29) is 12.5 Å². The van der Waals surface area contributed by atoms with Crippen LogP contribution in [-0.4, -0.2) is 31.1 Å². The molecule has 0 radical (unpaired) electrons. The van der Waals surface area contributed by atoms with Crippen LogP contribution in [0.15, 0.2) is 60.7 Å². The van der Waals surface area contributed by atoms with Crippen LogP contribution in [0.4, 0.5) is 0 Å². The van der Waals surface area contributed by atoms with Gasteiger partial charge in [0.15, 0.2) is 0 Å². The van der Waals surface area contributed by atoms with Gasteiger partial charge < -0.3 is 9.47 Å². The standard InChI is InChI=1S/C20H24BNO/c1-21-22-14-8-13-19(22)20(16-23-21,18-11-6-3-7-12-18)15-17-9-4-2-5-10-17/h2-7,9-12,19H,8,13-16H2,1H3/t19-,20?/m1/s1. The van der Waals surface area contributed by atoms with Crippen molar-refractivity contribution in [3.8, 4) is 0 Å². The quantitative estimate of drug-likeness (QED) is 0.800. The van der Waals surface area contributed by atoms with E-state index < -0.39 is 0 Å². The number of fused-ring (bicyclic) bond motifs is 1. The van der Waals surface area contributed by atoms with E-state index in [9.17, 15) is 0 Å². The molecule has 2 aromatic rings. The summed E-state index contributed by atoms with van der Waals surface area (Å²) in [6, 6.07) is 22.5. The number of hydrogen-bond acceptors (Lipinski definition) is 2. The third-order valence-corrected chi connectivity index (χ3v) is 5.69. The van der Waals surface area contributed by atoms with E-state index in [0.717, 1.165) is 19.6 Å². The molecule has 2 aromatic carbocycles. The van der Waals surface area contributed by atoms with Crippen LogP contribution in [0, 0.1) is 0 Å². The molecule has 2 atom stereocenters. The molecule has 2 aliphatic rings. The van der Waals surface area contributed by atoms with Gasteiger partial charge in [-0.25, -0.2) is 0 Å². The molecule has 118 valence electrons. The SMILES string of the molecule is CB1OCC(Cc2ccccc2)(c2ccccc2)[C@H]2CCCN12. The van der Waals surface area contributed by atoms with Gasteiger partial charge in [0.25, 0.3) is 0 Å². The van der Waals surface area contributed by atoms with Crippen LogP contribution >= 0.6 is 0 Å². The molecule has 2 fully saturated rings. The molecule has 0 saturated carbocycles. The second kappa shape index (κ2) is 6.14. The predicted molar refractivity (Wildman–Crippen MR) is 95.6 cm³/mol. The molecular weight excluding hydrogens is 281 g/mol. The number of rotatable bonds is 3. The summed E-state index contributed by atoms with van der Waals surface area (Å²) in [4.78, 5) is 2.58. The van der Waals surface area contributed by atoms with E-state index in [0.29, 0.717) is 6.04 Å². The molecule has 0 N–H and O–H groups in total. The van der Waals surface area contributed by atoms with Crippen molar-refractivity contribution >= 4 is 7.05 Å². The molecule has 0 aliphatic carbocycles. The zero-order valence-corrected chi connectivity index (χ0v) is 13.8. The largest absolute Gasteiger partial charge is 0.420 e. The lowest BCUT2D eigenvalue weighted by Gasteiger charge is -2.49. The Bertz CT molecular complexity index is 647. The van der Waals surface area contributed by atoms with Crippen molar-refractivity contribution in [2.75, 3.05) is 13.2 Å². The molecule has 4 rings (SSSR count). The smallest absolute Gasteiger partial charge is 0.379 e. The lowest BCUT2D eigenvalue weighted by molar-refractivity contribution is 0.0795. The van der Waals surface area contributed by atoms with Gasteiger partial charge in [-0.3, -0.25) is 0 Å². The molecule has 23 heavy (non-hydrogen) atoms. The Hall–Kier alpha value is -1.58. The van der Waals surface area contributed by atoms with Crippen LogP contribution in [0.1, 0.15) is 24.0 Å². The molecule has 2 saturated heterocycles. The first-order valence-corrected chi connectivity index (χ1v) is 8.76. The van der Waals surface area contributed by atoms with Crippen molar-refractivity contribution in [3.05, 3.63) is 71.8 Å². The molecule has 2 aliphatic heterocycles. The summed E-state index contributed by atoms with van der Waals surface area (Å²) in [6.07, 6.45) is 3.60. The lowest BCUT2D eigenvalue weighted by Crippen LogP contribution is -2.61. The van der Waals surface area contributed by atoms with Crippen LogP contribution in [0.2, 0.25) is 6.82 Å². The number of nitrogens with zero attached hydrogens (tertiary/aromatic N) is 1. The minimum atomic E-state index is 0.0611. The topological polar surface area (TPSA) is 12.5 Å². The Morgan fingerprint density at radius 1 is 1.09 bits per heavy atom. The van der Waals surface area contributed by atoms with Gasteiger partial charge in [0.1, 0.15) is 0 Å². The molecule has 0 spiro atoms. The van der Waals surface area contributed by atoms with E-state index in [2.05, 4.69) is 72.3 Å². The Balaban J connectivity index is 1.78. The predicted octanol–water partition coefficient (Wildman–Crippen LogP) is 3.78. The van der Waals surface area contributed by atoms with Crippen molar-refractivity contribution in [1.29, 1.82) is 0 Å². The van der Waals surface area contributed by atoms with Crippen molar-refractivity contribution in [3.63, 3.8) is 0 Å². The van der Waals surface area contributed by atoms with Crippen molar-refractivity contribution < 1.29 is 4.65 Å². The summed E-state index contributed by atoms with van der Waals surface area (Å²) < 4.78 is 6.26. The third-order valence-electron chi connectivity index (χ3n) is 5.69. The van der Waals surface area contributed by atoms with Gasteiger partial charge in [-0.15, -0.1) is 0 Å². The highest BCUT2D eigenvalue weighted by atomic mass is 16.4. The maximum atomic E-state index is 6.26. The molecular formula is C20H24BNO. The highest BCUT2D eigenvalue weighted by Crippen LogP contribution is 2.43. The summed E-state index contributed by atoms with van der Waals surface area (Å²) in [5, 5.41) is 0. The zero-order valence-electron chi connectivity index (χ0n) is 13.8. The first kappa shape index (κ1) is 15.0. The average molecular weight is 305 g/mol. The van der Waals surface area contributed by atoms with Gasteiger partial charge in [0.05, 0.1) is 0 Å². The molecule has 2 heterocycles. The van der Waals surface area contributed by atoms with Gasteiger partial charge in [-0.1, -0.05) is 60.7 Å². The number of hydrogen-bond donors (Lipinski definition) is 0. The highest BCUT2D eigenvalue weighted by Gasteiger charge is 2.51. The van der Waals surface area contributed by atoms with Crippen molar-refractivity contribution in [2.45, 2.75) is 37.5 Å². The first-order valence-electron chi connectivity index (χ1n) is 8.76. The third kappa shape index (κ3) is 2.62. The van der Waals surface area contributed by atoms with E-state index in [4.69, 9.17) is 4.65 Å². The summed E-state index contributed by atoms with van der Waals surface area (Å²) in [5.74, 6) is 0. The fourth-order valence-corrected chi connectivity index (χ4v) is 4.56. The number of benzene rings is 2. The van der Waals surface area contributed by atoms with Gasteiger partial charge in [0, 0.05) is 18.1 Å². The van der Waals surface area contributed by atoms with E-state index >= 15 is 0 Å². The van der Waals surface area contributed by atoms with Gasteiger partial charge >= 0.3 is 7.05 Å². The Morgan fingerprint density at radius 3 is 2.52 bits per heavy atom. The molecule has 3 heteroatoms. The Labute approximate surface area is 139 Å². The van der Waals surface area contributed by atoms with Gasteiger partial charge in [-0.05, 0) is 43.8 Å². The molecule has 2 nitrogen and oxygen atoms in total. The minimum absolute atomic E-state index is 0.0611. The van der Waals surface area contributed by atoms with Crippen LogP contribution in [0.3, 0.4) is 0 Å². The van der Waals surface area contributed by atoms with Gasteiger partial charge in [-0.2, -0.15) is 0 Å². The maximum Gasteiger partial charge on any atom is 0.379 e. The fourth-order valence-electron chi connectivity index (χ4n) is 4.56. The average Bonchev–Trinajstić information content (AvgIpc) is 3.11. The lowest BCUT2D eigenvalue weighted by atomic mass is 9.64. The van der Waals surface area contributed by atoms with Crippen LogP contribution in [0.25, 0.3) is 0 Å². The van der Waals surface area contributed by atoms with E-state index in [1.165, 1.54) is 24.0 Å². The van der Waals surface area contributed by atoms with Crippen molar-refractivity contribution in [2.24, 2.45) is 0 Å². The second-order valence-corrected chi connectivity index (χ2v) is 6.99. The Kier molecular flexibility index (Phi) is 4.00. The van der Waals surface area contributed by atoms with E-state index in [1.807, 2.05) is 0 Å². The normalized spacial score (nSPS) is 27.9. The maximum absolute atomic E-state index is 6.26. The molecule has 1 unspecified atom stereocenters. The minimum Gasteiger partial charge on any atom is -0.420 e. The highest BCUT2D eigenvalue weighted by molar-refractivity contribution is 6.47. The van der Waals surface area contributed by atoms with Crippen LogP contribution < -0.4 is 0 Å². The molecule has 0 bridgehead atoms. The summed E-state index contributed by atoms with van der Waals surface area (Å²) >= 11 is 0. The zero-order chi connectivity index (χ0) is 15.7. The van der Waals surface area contributed by atoms with Crippen LogP contribution in [0.5, 0.6) is 0 Å². The van der Waals surface area contributed by atoms with E-state index in [1.54, 1.807) is 0 Å². The van der Waals surface area contributed by atoms with Crippen LogP contribution in [-0.2, 0) is 16.5 Å². The summed E-state index contributed by atoms with van der Waals surface area (Å²) in [7, 11) is 0.245. The Morgan fingerprint density at radius 2 is 1.78 bits per heavy atom. The van der Waals surface area contributed by atoms with Gasteiger partial charge in [0.2, 0.25) is 0 Å². The molecule has 0 amide bonds. The van der Waals surface area contributed by atoms with Crippen molar-refractivity contribution in [1.82, 2.24) is 4.81 Å². The molecule has 0 aromatic heterocycles. The fraction of sp³-hybridized carbons (Fsp3) is 0.400. The summed E-state index contributed by atoms with van der Waals surface area (Å²) in [6.45, 7) is 4.18. The second-order valence-electron chi connectivity index (χ2n) is 6.99. The monoisotopic (exact) mass is 305 g/mol.